The molecule has 0 spiro atoms. The second-order valence-corrected chi connectivity index (χ2v) is 7.16. The molecule has 0 saturated heterocycles. The molecule has 4 nitrogen and oxygen atoms in total. The minimum Gasteiger partial charge on any atom is -0.379 e. The number of H-pyrrole nitrogens is 1. The van der Waals surface area contributed by atoms with E-state index in [1.807, 2.05) is 24.5 Å². The molecule has 4 rings (SSSR count). The van der Waals surface area contributed by atoms with Crippen molar-refractivity contribution < 1.29 is 0 Å². The molecule has 1 atom stereocenters. The maximum absolute atomic E-state index is 5.94. The van der Waals surface area contributed by atoms with Crippen LogP contribution < -0.4 is 5.73 Å². The lowest BCUT2D eigenvalue weighted by Crippen LogP contribution is -2.28. The average molecular weight is 322 g/mol. The minimum atomic E-state index is -0.231. The van der Waals surface area contributed by atoms with E-state index in [4.69, 9.17) is 10.7 Å². The Morgan fingerprint density at radius 1 is 1.17 bits per heavy atom. The highest BCUT2D eigenvalue weighted by atomic mass is 32.2. The zero-order valence-electron chi connectivity index (χ0n) is 12.9. The number of hydrogen-bond acceptors (Lipinski definition) is 4. The molecule has 1 aliphatic rings. The molecule has 2 aromatic heterocycles. The summed E-state index contributed by atoms with van der Waals surface area (Å²) >= 11 is 1.63. The number of aromatic amines is 1. The van der Waals surface area contributed by atoms with Crippen molar-refractivity contribution in [2.75, 3.05) is 5.75 Å². The van der Waals surface area contributed by atoms with E-state index in [0.29, 0.717) is 5.17 Å². The quantitative estimate of drug-likeness (QED) is 0.752. The van der Waals surface area contributed by atoms with Crippen molar-refractivity contribution in [3.8, 4) is 11.3 Å². The topological polar surface area (TPSA) is 67.1 Å². The number of nitrogens with zero attached hydrogens (tertiary/aromatic N) is 2. The number of hydrogen-bond donors (Lipinski definition) is 2. The van der Waals surface area contributed by atoms with Gasteiger partial charge in [-0.3, -0.25) is 9.98 Å². The number of rotatable bonds is 2. The van der Waals surface area contributed by atoms with Crippen molar-refractivity contribution in [2.45, 2.75) is 18.9 Å². The summed E-state index contributed by atoms with van der Waals surface area (Å²) in [6.07, 6.45) is 4.62. The second kappa shape index (κ2) is 5.42. The first-order valence-electron chi connectivity index (χ1n) is 7.66. The van der Waals surface area contributed by atoms with Crippen LogP contribution in [-0.2, 0) is 5.54 Å². The van der Waals surface area contributed by atoms with Gasteiger partial charge in [-0.1, -0.05) is 23.9 Å². The van der Waals surface area contributed by atoms with Gasteiger partial charge in [-0.25, -0.2) is 0 Å². The molecule has 1 aromatic carbocycles. The molecule has 1 aliphatic heterocycles. The molecule has 0 saturated carbocycles. The van der Waals surface area contributed by atoms with Gasteiger partial charge >= 0.3 is 0 Å². The number of fused-ring (bicyclic) bond motifs is 1. The normalized spacial score (nSPS) is 21.3. The molecule has 5 heteroatoms. The highest BCUT2D eigenvalue weighted by Crippen LogP contribution is 2.36. The van der Waals surface area contributed by atoms with Crippen molar-refractivity contribution >= 4 is 27.8 Å². The molecule has 116 valence electrons. The lowest BCUT2D eigenvalue weighted by molar-refractivity contribution is 0.482. The van der Waals surface area contributed by atoms with E-state index in [-0.39, 0.29) is 5.54 Å². The van der Waals surface area contributed by atoms with Gasteiger partial charge in [-0.2, -0.15) is 0 Å². The number of aromatic nitrogens is 2. The molecule has 3 heterocycles. The fourth-order valence-electron chi connectivity index (χ4n) is 3.04. The van der Waals surface area contributed by atoms with Crippen LogP contribution in [0.2, 0.25) is 0 Å². The van der Waals surface area contributed by atoms with Crippen LogP contribution in [0.5, 0.6) is 0 Å². The van der Waals surface area contributed by atoms with Crippen LogP contribution in [0.3, 0.4) is 0 Å². The first-order valence-corrected chi connectivity index (χ1v) is 8.64. The van der Waals surface area contributed by atoms with Crippen LogP contribution in [-0.4, -0.2) is 20.9 Å². The van der Waals surface area contributed by atoms with Gasteiger partial charge in [-0.15, -0.1) is 0 Å². The van der Waals surface area contributed by atoms with Gasteiger partial charge in [0.1, 0.15) is 0 Å². The maximum Gasteiger partial charge on any atom is 0.154 e. The Kier molecular flexibility index (Phi) is 3.38. The largest absolute Gasteiger partial charge is 0.379 e. The molecule has 0 amide bonds. The van der Waals surface area contributed by atoms with E-state index >= 15 is 0 Å². The Morgan fingerprint density at radius 3 is 2.78 bits per heavy atom. The Balaban J connectivity index is 1.78. The summed E-state index contributed by atoms with van der Waals surface area (Å²) in [7, 11) is 0. The first-order chi connectivity index (χ1) is 11.1. The van der Waals surface area contributed by atoms with Gasteiger partial charge in [0, 0.05) is 40.3 Å². The van der Waals surface area contributed by atoms with E-state index in [2.05, 4.69) is 41.2 Å². The number of thioether (sulfide) groups is 1. The fraction of sp³-hybridized carbons (Fsp3) is 0.222. The molecule has 0 bridgehead atoms. The third-order valence-corrected chi connectivity index (χ3v) is 5.23. The standard InChI is InChI=1S/C18H18N4S/c1-18(6-9-23-17(19)22-18)14-3-2-13-10-15(21-16(13)11-14)12-4-7-20-8-5-12/h2-5,7-8,10-11,21H,6,9H2,1H3,(H2,19,22). The third kappa shape index (κ3) is 2.61. The molecule has 3 N–H and O–H groups in total. The molecular formula is C18H18N4S. The highest BCUT2D eigenvalue weighted by Gasteiger charge is 2.29. The van der Waals surface area contributed by atoms with Crippen LogP contribution in [0.25, 0.3) is 22.2 Å². The van der Waals surface area contributed by atoms with Crippen LogP contribution in [0.1, 0.15) is 18.9 Å². The number of nitrogens with one attached hydrogen (secondary N) is 1. The van der Waals surface area contributed by atoms with E-state index in [0.717, 1.165) is 28.9 Å². The number of nitrogens with two attached hydrogens (primary N) is 1. The van der Waals surface area contributed by atoms with Gasteiger partial charge in [0.25, 0.3) is 0 Å². The Morgan fingerprint density at radius 2 is 2.00 bits per heavy atom. The van der Waals surface area contributed by atoms with Gasteiger partial charge < -0.3 is 10.7 Å². The van der Waals surface area contributed by atoms with Crippen molar-refractivity contribution in [2.24, 2.45) is 10.7 Å². The van der Waals surface area contributed by atoms with E-state index < -0.39 is 0 Å². The predicted molar refractivity (Wildman–Crippen MR) is 97.6 cm³/mol. The summed E-state index contributed by atoms with van der Waals surface area (Å²) in [6.45, 7) is 2.16. The van der Waals surface area contributed by atoms with Crippen molar-refractivity contribution in [1.29, 1.82) is 0 Å². The van der Waals surface area contributed by atoms with Crippen LogP contribution in [0, 0.1) is 0 Å². The number of amidine groups is 1. The third-order valence-electron chi connectivity index (χ3n) is 4.43. The molecule has 1 unspecified atom stereocenters. The predicted octanol–water partition coefficient (Wildman–Crippen LogP) is 3.90. The van der Waals surface area contributed by atoms with E-state index in [1.165, 1.54) is 10.9 Å². The number of benzene rings is 1. The summed E-state index contributed by atoms with van der Waals surface area (Å²) in [5, 5.41) is 1.88. The van der Waals surface area contributed by atoms with Gasteiger partial charge in [-0.05, 0) is 43.2 Å². The van der Waals surface area contributed by atoms with E-state index in [9.17, 15) is 0 Å². The van der Waals surface area contributed by atoms with E-state index in [1.54, 1.807) is 11.8 Å². The lowest BCUT2D eigenvalue weighted by atomic mass is 9.89. The zero-order valence-corrected chi connectivity index (χ0v) is 13.7. The molecule has 0 radical (unpaired) electrons. The second-order valence-electron chi connectivity index (χ2n) is 6.04. The van der Waals surface area contributed by atoms with Crippen LogP contribution in [0.4, 0.5) is 0 Å². The summed E-state index contributed by atoms with van der Waals surface area (Å²) in [6, 6.07) is 12.7. The Labute approximate surface area is 139 Å². The minimum absolute atomic E-state index is 0.231. The monoisotopic (exact) mass is 322 g/mol. The smallest absolute Gasteiger partial charge is 0.154 e. The van der Waals surface area contributed by atoms with Crippen molar-refractivity contribution in [3.05, 3.63) is 54.4 Å². The first kappa shape index (κ1) is 14.3. The fourth-order valence-corrected chi connectivity index (χ4v) is 4.02. The maximum atomic E-state index is 5.94. The number of pyridine rings is 1. The van der Waals surface area contributed by atoms with Gasteiger partial charge in [0.2, 0.25) is 0 Å². The van der Waals surface area contributed by atoms with Crippen molar-refractivity contribution in [3.63, 3.8) is 0 Å². The number of aliphatic imine (C=N–C) groups is 1. The molecular weight excluding hydrogens is 304 g/mol. The van der Waals surface area contributed by atoms with Crippen LogP contribution >= 0.6 is 11.8 Å². The molecule has 0 aliphatic carbocycles. The van der Waals surface area contributed by atoms with Crippen molar-refractivity contribution in [1.82, 2.24) is 9.97 Å². The SMILES string of the molecule is CC1(c2ccc3cc(-c4ccncc4)[nH]c3c2)CCSC(N)=N1. The van der Waals surface area contributed by atoms with Gasteiger partial charge in [0.15, 0.2) is 5.17 Å². The van der Waals surface area contributed by atoms with Crippen LogP contribution in [0.15, 0.2) is 53.8 Å². The Bertz CT molecular complexity index is 884. The van der Waals surface area contributed by atoms with Gasteiger partial charge in [0.05, 0.1) is 5.54 Å². The summed E-state index contributed by atoms with van der Waals surface area (Å²) in [5.74, 6) is 1.01. The molecule has 23 heavy (non-hydrogen) atoms. The summed E-state index contributed by atoms with van der Waals surface area (Å²) in [4.78, 5) is 12.3. The molecule has 0 fully saturated rings. The molecule has 3 aromatic rings. The summed E-state index contributed by atoms with van der Waals surface area (Å²) in [5.41, 5.74) is 10.3. The Hall–Kier alpha value is -2.27. The highest BCUT2D eigenvalue weighted by molar-refractivity contribution is 8.13. The zero-order chi connectivity index (χ0) is 15.9. The lowest BCUT2D eigenvalue weighted by Gasteiger charge is -2.29. The summed E-state index contributed by atoms with van der Waals surface area (Å²) < 4.78 is 0. The average Bonchev–Trinajstić information content (AvgIpc) is 2.98.